The molecule has 0 aliphatic heterocycles. The summed E-state index contributed by atoms with van der Waals surface area (Å²) in [5.41, 5.74) is 1.03. The van der Waals surface area contributed by atoms with Gasteiger partial charge in [0.05, 0.1) is 6.33 Å². The van der Waals surface area contributed by atoms with E-state index >= 15 is 0 Å². The van der Waals surface area contributed by atoms with Crippen LogP contribution in [0.4, 0.5) is 0 Å². The van der Waals surface area contributed by atoms with Gasteiger partial charge in [0.15, 0.2) is 0 Å². The summed E-state index contributed by atoms with van der Waals surface area (Å²) >= 11 is 0. The molecule has 1 aromatic carbocycles. The lowest BCUT2D eigenvalue weighted by Crippen LogP contribution is -2.37. The van der Waals surface area contributed by atoms with Crippen LogP contribution >= 0.6 is 0 Å². The average molecular weight is 343 g/mol. The lowest BCUT2D eigenvalue weighted by atomic mass is 9.94. The first-order valence-corrected chi connectivity index (χ1v) is 9.03. The lowest BCUT2D eigenvalue weighted by molar-refractivity contribution is -0.134. The smallest absolute Gasteiger partial charge is 0.311 e. The van der Waals surface area contributed by atoms with Gasteiger partial charge in [-0.3, -0.25) is 4.79 Å². The SMILES string of the molecule is CCCCC(=O)Oc1ccc(C(C)(C)NCCCn2ccnc2)cc1. The van der Waals surface area contributed by atoms with Gasteiger partial charge >= 0.3 is 5.97 Å². The largest absolute Gasteiger partial charge is 0.427 e. The predicted octanol–water partition coefficient (Wildman–Crippen LogP) is 3.89. The highest BCUT2D eigenvalue weighted by Gasteiger charge is 2.19. The minimum absolute atomic E-state index is 0.139. The normalized spacial score (nSPS) is 11.5. The van der Waals surface area contributed by atoms with Crippen LogP contribution in [-0.2, 0) is 16.9 Å². The fourth-order valence-corrected chi connectivity index (χ4v) is 2.63. The summed E-state index contributed by atoms with van der Waals surface area (Å²) in [4.78, 5) is 15.7. The molecule has 1 aromatic heterocycles. The number of carbonyl (C=O) groups is 1. The van der Waals surface area contributed by atoms with Crippen molar-refractivity contribution in [3.63, 3.8) is 0 Å². The quantitative estimate of drug-likeness (QED) is 0.404. The topological polar surface area (TPSA) is 56.1 Å². The molecule has 0 unspecified atom stereocenters. The highest BCUT2D eigenvalue weighted by Crippen LogP contribution is 2.23. The van der Waals surface area contributed by atoms with Gasteiger partial charge in [-0.15, -0.1) is 0 Å². The number of hydrogen-bond donors (Lipinski definition) is 1. The van der Waals surface area contributed by atoms with Gasteiger partial charge in [-0.05, 0) is 50.9 Å². The summed E-state index contributed by atoms with van der Waals surface area (Å²) in [6, 6.07) is 7.78. The molecule has 0 saturated carbocycles. The summed E-state index contributed by atoms with van der Waals surface area (Å²) in [6.07, 6.45) is 8.99. The number of esters is 1. The molecule has 136 valence electrons. The number of aryl methyl sites for hydroxylation is 1. The number of carbonyl (C=O) groups excluding carboxylic acids is 1. The highest BCUT2D eigenvalue weighted by atomic mass is 16.5. The maximum Gasteiger partial charge on any atom is 0.311 e. The van der Waals surface area contributed by atoms with Crippen LogP contribution in [0.1, 0.15) is 52.0 Å². The van der Waals surface area contributed by atoms with Gasteiger partial charge in [0.2, 0.25) is 0 Å². The molecule has 25 heavy (non-hydrogen) atoms. The van der Waals surface area contributed by atoms with Gasteiger partial charge in [0.25, 0.3) is 0 Å². The standard InChI is InChI=1S/C20H29N3O2/c1-4-5-7-19(24)25-18-10-8-17(9-11-18)20(2,3)22-12-6-14-23-15-13-21-16-23/h8-11,13,15-16,22H,4-7,12,14H2,1-3H3. The zero-order valence-electron chi connectivity index (χ0n) is 15.5. The van der Waals surface area contributed by atoms with Crippen LogP contribution in [0.25, 0.3) is 0 Å². The number of unbranched alkanes of at least 4 members (excludes halogenated alkanes) is 1. The molecule has 2 rings (SSSR count). The van der Waals surface area contributed by atoms with Crippen LogP contribution in [0.3, 0.4) is 0 Å². The first kappa shape index (κ1) is 19.2. The Bertz CT molecular complexity index is 633. The van der Waals surface area contributed by atoms with Gasteiger partial charge in [0.1, 0.15) is 5.75 Å². The maximum atomic E-state index is 11.7. The summed E-state index contributed by atoms with van der Waals surface area (Å²) in [5, 5.41) is 3.58. The summed E-state index contributed by atoms with van der Waals surface area (Å²) in [7, 11) is 0. The first-order valence-electron chi connectivity index (χ1n) is 9.03. The zero-order valence-corrected chi connectivity index (χ0v) is 15.5. The third-order valence-electron chi connectivity index (χ3n) is 4.26. The van der Waals surface area contributed by atoms with Gasteiger partial charge in [-0.1, -0.05) is 25.5 Å². The number of nitrogens with zero attached hydrogens (tertiary/aromatic N) is 2. The van der Waals surface area contributed by atoms with Crippen LogP contribution < -0.4 is 10.1 Å². The van der Waals surface area contributed by atoms with Crippen molar-refractivity contribution < 1.29 is 9.53 Å². The van der Waals surface area contributed by atoms with Gasteiger partial charge in [-0.2, -0.15) is 0 Å². The lowest BCUT2D eigenvalue weighted by Gasteiger charge is -2.27. The van der Waals surface area contributed by atoms with Crippen molar-refractivity contribution >= 4 is 5.97 Å². The molecule has 0 radical (unpaired) electrons. The van der Waals surface area contributed by atoms with Crippen molar-refractivity contribution in [2.75, 3.05) is 6.54 Å². The van der Waals surface area contributed by atoms with E-state index in [1.807, 2.05) is 36.8 Å². The molecule has 0 aliphatic carbocycles. The molecule has 0 saturated heterocycles. The zero-order chi connectivity index (χ0) is 18.1. The average Bonchev–Trinajstić information content (AvgIpc) is 3.11. The van der Waals surface area contributed by atoms with Crippen molar-refractivity contribution in [2.45, 2.75) is 58.5 Å². The molecule has 0 spiro atoms. The Morgan fingerprint density at radius 2 is 2.00 bits per heavy atom. The van der Waals surface area contributed by atoms with Crippen LogP contribution in [0.5, 0.6) is 5.75 Å². The molecular weight excluding hydrogens is 314 g/mol. The van der Waals surface area contributed by atoms with E-state index in [4.69, 9.17) is 4.74 Å². The summed E-state index contributed by atoms with van der Waals surface area (Å²) in [6.45, 7) is 8.25. The van der Waals surface area contributed by atoms with Gasteiger partial charge < -0.3 is 14.6 Å². The molecule has 5 heteroatoms. The number of imidazole rings is 1. The molecule has 0 bridgehead atoms. The number of benzene rings is 1. The minimum Gasteiger partial charge on any atom is -0.427 e. The maximum absolute atomic E-state index is 11.7. The fraction of sp³-hybridized carbons (Fsp3) is 0.500. The fourth-order valence-electron chi connectivity index (χ4n) is 2.63. The van der Waals surface area contributed by atoms with Crippen LogP contribution in [-0.4, -0.2) is 22.1 Å². The van der Waals surface area contributed by atoms with Crippen molar-refractivity contribution in [3.05, 3.63) is 48.5 Å². The van der Waals surface area contributed by atoms with Crippen molar-refractivity contribution in [1.29, 1.82) is 0 Å². The Kier molecular flexibility index (Phi) is 7.19. The molecule has 1 heterocycles. The summed E-state index contributed by atoms with van der Waals surface area (Å²) in [5.74, 6) is 0.451. The van der Waals surface area contributed by atoms with E-state index in [-0.39, 0.29) is 11.5 Å². The van der Waals surface area contributed by atoms with Gasteiger partial charge in [-0.25, -0.2) is 4.98 Å². The minimum atomic E-state index is -0.161. The molecular formula is C20H29N3O2. The highest BCUT2D eigenvalue weighted by molar-refractivity contribution is 5.72. The van der Waals surface area contributed by atoms with E-state index in [1.165, 1.54) is 5.56 Å². The second-order valence-corrected chi connectivity index (χ2v) is 6.81. The predicted molar refractivity (Wildman–Crippen MR) is 99.5 cm³/mol. The Labute approximate surface area is 150 Å². The summed E-state index contributed by atoms with van der Waals surface area (Å²) < 4.78 is 7.44. The molecule has 2 aromatic rings. The number of nitrogens with one attached hydrogen (secondary N) is 1. The molecule has 0 atom stereocenters. The van der Waals surface area contributed by atoms with Crippen molar-refractivity contribution in [3.8, 4) is 5.75 Å². The van der Waals surface area contributed by atoms with E-state index in [0.29, 0.717) is 12.2 Å². The second-order valence-electron chi connectivity index (χ2n) is 6.81. The molecule has 5 nitrogen and oxygen atoms in total. The van der Waals surface area contributed by atoms with Gasteiger partial charge in [0, 0.05) is 30.9 Å². The van der Waals surface area contributed by atoms with E-state index in [1.54, 1.807) is 6.20 Å². The molecule has 1 N–H and O–H groups in total. The Hall–Kier alpha value is -2.14. The Balaban J connectivity index is 1.81. The number of rotatable bonds is 10. The molecule has 0 amide bonds. The van der Waals surface area contributed by atoms with Crippen molar-refractivity contribution in [2.24, 2.45) is 0 Å². The second kappa shape index (κ2) is 9.37. The van der Waals surface area contributed by atoms with E-state index in [9.17, 15) is 4.79 Å². The molecule has 0 aliphatic rings. The van der Waals surface area contributed by atoms with Crippen LogP contribution in [0.15, 0.2) is 43.0 Å². The van der Waals surface area contributed by atoms with E-state index in [2.05, 4.69) is 35.6 Å². The third-order valence-corrected chi connectivity index (χ3v) is 4.26. The van der Waals surface area contributed by atoms with E-state index in [0.717, 1.165) is 32.4 Å². The number of hydrogen-bond acceptors (Lipinski definition) is 4. The molecule has 0 fully saturated rings. The van der Waals surface area contributed by atoms with Crippen LogP contribution in [0, 0.1) is 0 Å². The number of aromatic nitrogens is 2. The monoisotopic (exact) mass is 343 g/mol. The first-order chi connectivity index (χ1) is 12.0. The number of ether oxygens (including phenoxy) is 1. The third kappa shape index (κ3) is 6.35. The van der Waals surface area contributed by atoms with Crippen molar-refractivity contribution in [1.82, 2.24) is 14.9 Å². The van der Waals surface area contributed by atoms with Crippen LogP contribution in [0.2, 0.25) is 0 Å². The Morgan fingerprint density at radius 1 is 1.24 bits per heavy atom. The van der Waals surface area contributed by atoms with E-state index < -0.39 is 0 Å². The Morgan fingerprint density at radius 3 is 2.64 bits per heavy atom.